The van der Waals surface area contributed by atoms with Crippen molar-refractivity contribution < 1.29 is 14.3 Å². The summed E-state index contributed by atoms with van der Waals surface area (Å²) in [5, 5.41) is 6.06. The highest BCUT2D eigenvalue weighted by Crippen LogP contribution is 2.28. The number of ether oxygens (including phenoxy) is 1. The van der Waals surface area contributed by atoms with Crippen molar-refractivity contribution in [3.05, 3.63) is 94.4 Å². The van der Waals surface area contributed by atoms with Crippen LogP contribution >= 0.6 is 0 Å². The van der Waals surface area contributed by atoms with Gasteiger partial charge in [0.15, 0.2) is 0 Å². The van der Waals surface area contributed by atoms with Gasteiger partial charge in [-0.1, -0.05) is 30.3 Å². The van der Waals surface area contributed by atoms with E-state index in [-0.39, 0.29) is 18.0 Å². The van der Waals surface area contributed by atoms with Crippen LogP contribution in [0.25, 0.3) is 11.0 Å². The molecule has 2 aromatic heterocycles. The fourth-order valence-electron chi connectivity index (χ4n) is 3.56. The molecule has 0 radical (unpaired) electrons. The molecule has 0 fully saturated rings. The topological polar surface area (TPSA) is 102 Å². The average molecular weight is 442 g/mol. The number of carbonyl (C=O) groups excluding carboxylic acids is 2. The molecule has 33 heavy (non-hydrogen) atoms. The molecule has 4 aromatic rings. The van der Waals surface area contributed by atoms with Crippen LogP contribution in [0.4, 0.5) is 11.4 Å². The van der Waals surface area contributed by atoms with Crippen molar-refractivity contribution in [1.29, 1.82) is 0 Å². The van der Waals surface area contributed by atoms with Crippen LogP contribution in [-0.4, -0.2) is 28.5 Å². The lowest BCUT2D eigenvalue weighted by Gasteiger charge is -2.14. The van der Waals surface area contributed by atoms with E-state index in [1.807, 2.05) is 30.3 Å². The Balaban J connectivity index is 1.76. The number of nitrogens with one attached hydrogen (secondary N) is 2. The number of hydrogen-bond acceptors (Lipinski definition) is 5. The van der Waals surface area contributed by atoms with Gasteiger partial charge in [-0.3, -0.25) is 19.0 Å². The van der Waals surface area contributed by atoms with Gasteiger partial charge in [-0.15, -0.1) is 0 Å². The Morgan fingerprint density at radius 3 is 2.52 bits per heavy atom. The summed E-state index contributed by atoms with van der Waals surface area (Å²) >= 11 is 0. The highest BCUT2D eigenvalue weighted by Gasteiger charge is 2.18. The van der Waals surface area contributed by atoms with Crippen LogP contribution in [0.5, 0.6) is 5.75 Å². The minimum atomic E-state index is -0.592. The van der Waals surface area contributed by atoms with Crippen molar-refractivity contribution in [2.24, 2.45) is 0 Å². The molecule has 2 N–H and O–H groups in total. The number of nitrogens with zero attached hydrogens (tertiary/aromatic N) is 2. The maximum Gasteiger partial charge on any atom is 0.265 e. The van der Waals surface area contributed by atoms with E-state index in [0.717, 1.165) is 5.56 Å². The van der Waals surface area contributed by atoms with Crippen molar-refractivity contribution in [2.75, 3.05) is 17.7 Å². The van der Waals surface area contributed by atoms with Crippen molar-refractivity contribution in [3.8, 4) is 5.75 Å². The molecule has 2 aromatic carbocycles. The Kier molecular flexibility index (Phi) is 6.17. The van der Waals surface area contributed by atoms with Crippen LogP contribution in [0.15, 0.2) is 77.7 Å². The van der Waals surface area contributed by atoms with Gasteiger partial charge in [-0.05, 0) is 42.0 Å². The lowest BCUT2D eigenvalue weighted by atomic mass is 10.1. The molecule has 2 heterocycles. The first-order valence-corrected chi connectivity index (χ1v) is 10.3. The quantitative estimate of drug-likeness (QED) is 0.474. The lowest BCUT2D eigenvalue weighted by molar-refractivity contribution is -0.114. The summed E-state index contributed by atoms with van der Waals surface area (Å²) in [4.78, 5) is 42.3. The van der Waals surface area contributed by atoms with Gasteiger partial charge in [0.2, 0.25) is 5.91 Å². The number of aromatic nitrogens is 2. The summed E-state index contributed by atoms with van der Waals surface area (Å²) in [5.41, 5.74) is 1.73. The van der Waals surface area contributed by atoms with E-state index in [4.69, 9.17) is 4.74 Å². The Bertz CT molecular complexity index is 1400. The normalized spacial score (nSPS) is 10.6. The third-order valence-corrected chi connectivity index (χ3v) is 5.04. The minimum absolute atomic E-state index is 0.0292. The molecule has 8 heteroatoms. The molecule has 0 aliphatic rings. The third kappa shape index (κ3) is 4.74. The molecular formula is C25H22N4O4. The van der Waals surface area contributed by atoms with Gasteiger partial charge in [0, 0.05) is 24.2 Å². The smallest absolute Gasteiger partial charge is 0.265 e. The van der Waals surface area contributed by atoms with Gasteiger partial charge in [-0.25, -0.2) is 4.98 Å². The van der Waals surface area contributed by atoms with Crippen molar-refractivity contribution >= 4 is 34.2 Å². The maximum absolute atomic E-state index is 13.4. The van der Waals surface area contributed by atoms with Crippen LogP contribution < -0.4 is 20.9 Å². The number of rotatable bonds is 6. The number of anilines is 2. The van der Waals surface area contributed by atoms with Crippen LogP contribution in [0.2, 0.25) is 0 Å². The standard InChI is InChI=1S/C25H22N4O4/c1-16(30)27-19-10-11-22(33-2)21(14-19)28-24(31)20-13-18-9-6-12-26-23(18)29(25(20)32)15-17-7-4-3-5-8-17/h3-14H,15H2,1-2H3,(H,27,30)(H,28,31). The van der Waals surface area contributed by atoms with E-state index in [1.54, 1.807) is 36.5 Å². The number of pyridine rings is 2. The fourth-order valence-corrected chi connectivity index (χ4v) is 3.56. The van der Waals surface area contributed by atoms with Crippen molar-refractivity contribution in [1.82, 2.24) is 9.55 Å². The fraction of sp³-hybridized carbons (Fsp3) is 0.120. The van der Waals surface area contributed by atoms with E-state index in [1.165, 1.54) is 24.7 Å². The van der Waals surface area contributed by atoms with Gasteiger partial charge in [-0.2, -0.15) is 0 Å². The van der Waals surface area contributed by atoms with Crippen molar-refractivity contribution in [2.45, 2.75) is 13.5 Å². The summed E-state index contributed by atoms with van der Waals surface area (Å²) in [6, 6.07) is 19.4. The monoisotopic (exact) mass is 442 g/mol. The zero-order chi connectivity index (χ0) is 23.4. The number of benzene rings is 2. The van der Waals surface area contributed by atoms with Crippen LogP contribution in [0.1, 0.15) is 22.8 Å². The van der Waals surface area contributed by atoms with Gasteiger partial charge in [0.1, 0.15) is 17.0 Å². The van der Waals surface area contributed by atoms with E-state index >= 15 is 0 Å². The lowest BCUT2D eigenvalue weighted by Crippen LogP contribution is -2.30. The van der Waals surface area contributed by atoms with E-state index in [9.17, 15) is 14.4 Å². The number of amides is 2. The summed E-state index contributed by atoms with van der Waals surface area (Å²) in [7, 11) is 1.47. The third-order valence-electron chi connectivity index (χ3n) is 5.04. The Morgan fingerprint density at radius 1 is 1.00 bits per heavy atom. The molecule has 2 amide bonds. The summed E-state index contributed by atoms with van der Waals surface area (Å²) in [6.07, 6.45) is 1.61. The molecule has 0 saturated heterocycles. The molecule has 0 aliphatic carbocycles. The zero-order valence-corrected chi connectivity index (χ0v) is 18.2. The van der Waals surface area contributed by atoms with E-state index < -0.39 is 11.5 Å². The molecule has 166 valence electrons. The van der Waals surface area contributed by atoms with Gasteiger partial charge in [0.05, 0.1) is 19.3 Å². The molecule has 8 nitrogen and oxygen atoms in total. The molecule has 0 unspecified atom stereocenters. The molecule has 0 saturated carbocycles. The first kappa shape index (κ1) is 21.8. The van der Waals surface area contributed by atoms with E-state index in [2.05, 4.69) is 15.6 Å². The maximum atomic E-state index is 13.4. The summed E-state index contributed by atoms with van der Waals surface area (Å²) in [6.45, 7) is 1.66. The second-order valence-corrected chi connectivity index (χ2v) is 7.40. The first-order chi connectivity index (χ1) is 16.0. The number of fused-ring (bicyclic) bond motifs is 1. The molecule has 0 atom stereocenters. The Morgan fingerprint density at radius 2 is 1.79 bits per heavy atom. The molecule has 0 spiro atoms. The Hall–Kier alpha value is -4.46. The summed E-state index contributed by atoms with van der Waals surface area (Å²) < 4.78 is 6.82. The molecular weight excluding hydrogens is 420 g/mol. The Labute approximate surface area is 189 Å². The molecule has 0 bridgehead atoms. The van der Waals surface area contributed by atoms with Gasteiger partial charge in [0.25, 0.3) is 11.5 Å². The van der Waals surface area contributed by atoms with Crippen LogP contribution in [-0.2, 0) is 11.3 Å². The minimum Gasteiger partial charge on any atom is -0.495 e. The van der Waals surface area contributed by atoms with E-state index in [0.29, 0.717) is 28.2 Å². The molecule has 0 aliphatic heterocycles. The van der Waals surface area contributed by atoms with Crippen molar-refractivity contribution in [3.63, 3.8) is 0 Å². The van der Waals surface area contributed by atoms with Gasteiger partial charge >= 0.3 is 0 Å². The molecule has 4 rings (SSSR count). The highest BCUT2D eigenvalue weighted by molar-refractivity contribution is 6.06. The zero-order valence-electron chi connectivity index (χ0n) is 18.2. The first-order valence-electron chi connectivity index (χ1n) is 10.3. The summed E-state index contributed by atoms with van der Waals surface area (Å²) in [5.74, 6) is -0.446. The second-order valence-electron chi connectivity index (χ2n) is 7.40. The number of hydrogen-bond donors (Lipinski definition) is 2. The predicted octanol–water partition coefficient (Wildman–Crippen LogP) is 3.66. The largest absolute Gasteiger partial charge is 0.495 e. The van der Waals surface area contributed by atoms with Gasteiger partial charge < -0.3 is 15.4 Å². The predicted molar refractivity (Wildman–Crippen MR) is 127 cm³/mol. The van der Waals surface area contributed by atoms with Crippen LogP contribution in [0.3, 0.4) is 0 Å². The SMILES string of the molecule is COc1ccc(NC(C)=O)cc1NC(=O)c1cc2cccnc2n(Cc2ccccc2)c1=O. The number of carbonyl (C=O) groups is 2. The number of methoxy groups -OCH3 is 1. The second kappa shape index (κ2) is 9.35. The average Bonchev–Trinajstić information content (AvgIpc) is 2.81. The highest BCUT2D eigenvalue weighted by atomic mass is 16.5. The van der Waals surface area contributed by atoms with Crippen LogP contribution in [0, 0.1) is 0 Å².